The van der Waals surface area contributed by atoms with Gasteiger partial charge in [0, 0.05) is 17.9 Å². The lowest BCUT2D eigenvalue weighted by atomic mass is 9.87. The van der Waals surface area contributed by atoms with Crippen molar-refractivity contribution in [3.8, 4) is 0 Å². The van der Waals surface area contributed by atoms with Crippen LogP contribution in [0.4, 0.5) is 32.0 Å². The summed E-state index contributed by atoms with van der Waals surface area (Å²) < 4.78 is 84.9. The van der Waals surface area contributed by atoms with Crippen LogP contribution in [0, 0.1) is 0 Å². The Kier molecular flexibility index (Phi) is 3.14. The van der Waals surface area contributed by atoms with Gasteiger partial charge in [-0.05, 0) is 5.39 Å². The van der Waals surface area contributed by atoms with Crippen molar-refractivity contribution in [3.63, 3.8) is 0 Å². The van der Waals surface area contributed by atoms with Crippen LogP contribution in [-0.2, 0) is 10.3 Å². The number of hydrogen-bond donors (Lipinski definition) is 0. The molecule has 0 N–H and O–H groups in total. The van der Waals surface area contributed by atoms with Crippen molar-refractivity contribution < 1.29 is 31.1 Å². The predicted molar refractivity (Wildman–Crippen MR) is 71.6 cm³/mol. The van der Waals surface area contributed by atoms with E-state index in [4.69, 9.17) is 0 Å². The lowest BCUT2D eigenvalue weighted by Gasteiger charge is -2.40. The highest BCUT2D eigenvalue weighted by Crippen LogP contribution is 2.57. The summed E-state index contributed by atoms with van der Waals surface area (Å²) in [5, 5.41) is 0.688. The highest BCUT2D eigenvalue weighted by atomic mass is 19.4. The Morgan fingerprint density at radius 1 is 0.913 bits per heavy atom. The second kappa shape index (κ2) is 4.62. The standard InChI is InChI=1S/C15H9F6NO/c1-8-22-12-10-5-3-2-4-9(10)6-7-11(12)13(23-8,14(16,17)18)15(19,20)21/h2-7H,1H3. The number of aliphatic imine (C=N–C) groups is 1. The molecule has 23 heavy (non-hydrogen) atoms. The van der Waals surface area contributed by atoms with Gasteiger partial charge in [0.1, 0.15) is 0 Å². The van der Waals surface area contributed by atoms with Gasteiger partial charge < -0.3 is 4.74 Å². The van der Waals surface area contributed by atoms with E-state index in [1.165, 1.54) is 18.2 Å². The van der Waals surface area contributed by atoms with Gasteiger partial charge in [-0.3, -0.25) is 0 Å². The molecular formula is C15H9F6NO. The Morgan fingerprint density at radius 3 is 2.13 bits per heavy atom. The highest BCUT2D eigenvalue weighted by molar-refractivity contribution is 5.98. The van der Waals surface area contributed by atoms with E-state index in [-0.39, 0.29) is 11.1 Å². The Morgan fingerprint density at radius 2 is 1.52 bits per heavy atom. The van der Waals surface area contributed by atoms with Gasteiger partial charge in [0.05, 0.1) is 5.69 Å². The third kappa shape index (κ3) is 2.08. The van der Waals surface area contributed by atoms with Gasteiger partial charge in [0.25, 0.3) is 0 Å². The molecule has 1 heterocycles. The summed E-state index contributed by atoms with van der Waals surface area (Å²) in [6.07, 6.45) is -11.4. The molecule has 0 spiro atoms. The molecule has 0 fully saturated rings. The molecule has 0 saturated heterocycles. The van der Waals surface area contributed by atoms with Gasteiger partial charge in [0.15, 0.2) is 5.90 Å². The van der Waals surface area contributed by atoms with Crippen molar-refractivity contribution in [3.05, 3.63) is 42.0 Å². The normalized spacial score (nSPS) is 17.4. The van der Waals surface area contributed by atoms with Gasteiger partial charge in [-0.1, -0.05) is 36.4 Å². The molecule has 0 atom stereocenters. The molecule has 3 rings (SSSR count). The van der Waals surface area contributed by atoms with Crippen LogP contribution in [0.3, 0.4) is 0 Å². The van der Waals surface area contributed by atoms with Crippen molar-refractivity contribution in [2.75, 3.05) is 0 Å². The zero-order chi connectivity index (χ0) is 17.0. The predicted octanol–water partition coefficient (Wildman–Crippen LogP) is 5.24. The maximum absolute atomic E-state index is 13.4. The number of rotatable bonds is 0. The van der Waals surface area contributed by atoms with E-state index < -0.39 is 29.4 Å². The van der Waals surface area contributed by atoms with E-state index in [1.807, 2.05) is 0 Å². The number of benzene rings is 2. The first kappa shape index (κ1) is 15.6. The Hall–Kier alpha value is -2.25. The van der Waals surface area contributed by atoms with Crippen molar-refractivity contribution in [2.45, 2.75) is 24.9 Å². The van der Waals surface area contributed by atoms with E-state index in [0.29, 0.717) is 5.39 Å². The number of halogens is 6. The third-order valence-electron chi connectivity index (χ3n) is 3.65. The first-order valence-corrected chi connectivity index (χ1v) is 6.48. The van der Waals surface area contributed by atoms with Crippen LogP contribution >= 0.6 is 0 Å². The molecular weight excluding hydrogens is 324 g/mol. The topological polar surface area (TPSA) is 21.6 Å². The Labute approximate surface area is 126 Å². The van der Waals surface area contributed by atoms with E-state index in [2.05, 4.69) is 9.73 Å². The van der Waals surface area contributed by atoms with Crippen LogP contribution in [0.25, 0.3) is 10.8 Å². The molecule has 0 radical (unpaired) electrons. The van der Waals surface area contributed by atoms with Crippen molar-refractivity contribution in [2.24, 2.45) is 4.99 Å². The third-order valence-corrected chi connectivity index (χ3v) is 3.65. The van der Waals surface area contributed by atoms with Gasteiger partial charge in [0.2, 0.25) is 0 Å². The molecule has 0 aliphatic carbocycles. The van der Waals surface area contributed by atoms with Gasteiger partial charge >= 0.3 is 18.0 Å². The summed E-state index contributed by atoms with van der Waals surface area (Å²) in [5.74, 6) is -0.691. The summed E-state index contributed by atoms with van der Waals surface area (Å²) in [6.45, 7) is 0.969. The first-order valence-electron chi connectivity index (χ1n) is 6.48. The largest absolute Gasteiger partial charge is 0.451 e. The molecule has 2 nitrogen and oxygen atoms in total. The van der Waals surface area contributed by atoms with Crippen LogP contribution in [0.1, 0.15) is 12.5 Å². The molecule has 8 heteroatoms. The van der Waals surface area contributed by atoms with E-state index in [1.54, 1.807) is 12.1 Å². The van der Waals surface area contributed by atoms with Gasteiger partial charge in [-0.15, -0.1) is 0 Å². The number of alkyl halides is 6. The fourth-order valence-electron chi connectivity index (χ4n) is 2.70. The smallest absolute Gasteiger partial charge is 0.442 e. The number of ether oxygens (including phenoxy) is 1. The fourth-order valence-corrected chi connectivity index (χ4v) is 2.70. The van der Waals surface area contributed by atoms with Crippen molar-refractivity contribution in [1.82, 2.24) is 0 Å². The molecule has 1 aliphatic rings. The SMILES string of the molecule is CC1=Nc2c(ccc3ccccc23)C(C(F)(F)F)(C(F)(F)F)O1. The first-order chi connectivity index (χ1) is 10.6. The zero-order valence-electron chi connectivity index (χ0n) is 11.6. The quantitative estimate of drug-likeness (QED) is 0.604. The molecule has 2 aromatic carbocycles. The van der Waals surface area contributed by atoms with E-state index in [9.17, 15) is 26.3 Å². The lowest BCUT2D eigenvalue weighted by Crippen LogP contribution is -2.57. The second-order valence-electron chi connectivity index (χ2n) is 5.09. The summed E-state index contributed by atoms with van der Waals surface area (Å²) >= 11 is 0. The molecule has 0 bridgehead atoms. The minimum absolute atomic E-state index is 0.200. The van der Waals surface area contributed by atoms with Gasteiger partial charge in [-0.2, -0.15) is 26.3 Å². The Bertz CT molecular complexity index is 792. The number of fused-ring (bicyclic) bond motifs is 3. The minimum Gasteiger partial charge on any atom is -0.451 e. The van der Waals surface area contributed by atoms with Crippen molar-refractivity contribution >= 4 is 22.4 Å². The lowest BCUT2D eigenvalue weighted by molar-refractivity contribution is -0.370. The second-order valence-corrected chi connectivity index (χ2v) is 5.09. The molecule has 0 amide bonds. The molecule has 0 aromatic heterocycles. The Balaban J connectivity index is 2.45. The van der Waals surface area contributed by atoms with E-state index >= 15 is 0 Å². The molecule has 122 valence electrons. The highest BCUT2D eigenvalue weighted by Gasteiger charge is 2.76. The monoisotopic (exact) mass is 333 g/mol. The average Bonchev–Trinajstić information content (AvgIpc) is 2.43. The maximum Gasteiger partial charge on any atom is 0.442 e. The summed E-state index contributed by atoms with van der Waals surface area (Å²) in [4.78, 5) is 3.79. The molecule has 2 aromatic rings. The summed E-state index contributed by atoms with van der Waals surface area (Å²) in [6, 6.07) is 8.12. The summed E-state index contributed by atoms with van der Waals surface area (Å²) in [5.41, 5.74) is -5.85. The minimum atomic E-state index is -5.69. The van der Waals surface area contributed by atoms with Crippen LogP contribution in [0.15, 0.2) is 41.4 Å². The van der Waals surface area contributed by atoms with Crippen LogP contribution in [-0.4, -0.2) is 18.3 Å². The molecule has 0 unspecified atom stereocenters. The fraction of sp³-hybridized carbons (Fsp3) is 0.267. The van der Waals surface area contributed by atoms with Crippen LogP contribution in [0.2, 0.25) is 0 Å². The maximum atomic E-state index is 13.4. The average molecular weight is 333 g/mol. The molecule has 1 aliphatic heterocycles. The van der Waals surface area contributed by atoms with Crippen LogP contribution in [0.5, 0.6) is 0 Å². The number of hydrogen-bond acceptors (Lipinski definition) is 2. The van der Waals surface area contributed by atoms with Crippen LogP contribution < -0.4 is 0 Å². The zero-order valence-corrected chi connectivity index (χ0v) is 11.6. The number of nitrogens with zero attached hydrogens (tertiary/aromatic N) is 1. The van der Waals surface area contributed by atoms with E-state index in [0.717, 1.165) is 13.0 Å². The molecule has 0 saturated carbocycles. The van der Waals surface area contributed by atoms with Gasteiger partial charge in [-0.25, -0.2) is 4.99 Å². The summed E-state index contributed by atoms with van der Waals surface area (Å²) in [7, 11) is 0. The van der Waals surface area contributed by atoms with Crippen molar-refractivity contribution in [1.29, 1.82) is 0 Å².